The number of carbonyl (C=O) groups excluding carboxylic acids is 1. The molecule has 0 saturated heterocycles. The number of likely N-dealkylation sites (N-methyl/N-ethyl adjacent to an activating group) is 1. The Morgan fingerprint density at radius 3 is 2.46 bits per heavy atom. The van der Waals surface area contributed by atoms with Crippen molar-refractivity contribution in [2.75, 3.05) is 36.6 Å². The molecule has 1 amide bonds. The Kier molecular flexibility index (Phi) is 6.39. The Balaban J connectivity index is 2.27. The number of nitrogens with one attached hydrogen (secondary N) is 2. The average molecular weight is 363 g/mol. The number of nitrogens with zero attached hydrogens (tertiary/aromatic N) is 1. The summed E-state index contributed by atoms with van der Waals surface area (Å²) in [5.41, 5.74) is 7.85. The minimum Gasteiger partial charge on any atom is -0.397 e. The molecular formula is C20H34N4O2. The van der Waals surface area contributed by atoms with Crippen LogP contribution in [0.25, 0.3) is 0 Å². The summed E-state index contributed by atoms with van der Waals surface area (Å²) in [4.78, 5) is 14.9. The summed E-state index contributed by atoms with van der Waals surface area (Å²) in [5.74, 6) is 0.638. The van der Waals surface area contributed by atoms with Crippen LogP contribution in [0, 0.1) is 5.92 Å². The maximum absolute atomic E-state index is 13.0. The summed E-state index contributed by atoms with van der Waals surface area (Å²) >= 11 is 0. The van der Waals surface area contributed by atoms with Gasteiger partial charge in [-0.2, -0.15) is 0 Å². The molecule has 6 nitrogen and oxygen atoms in total. The van der Waals surface area contributed by atoms with E-state index in [0.29, 0.717) is 17.8 Å². The van der Waals surface area contributed by atoms with E-state index in [9.17, 15) is 9.90 Å². The van der Waals surface area contributed by atoms with E-state index >= 15 is 0 Å². The lowest BCUT2D eigenvalue weighted by Gasteiger charge is -2.31. The lowest BCUT2D eigenvalue weighted by atomic mass is 9.87. The number of amides is 1. The van der Waals surface area contributed by atoms with Crippen LogP contribution in [-0.4, -0.2) is 43.3 Å². The number of hydrogen-bond donors (Lipinski definition) is 4. The fourth-order valence-corrected chi connectivity index (χ4v) is 3.65. The van der Waals surface area contributed by atoms with Crippen LogP contribution in [0.2, 0.25) is 0 Å². The Bertz CT molecular complexity index is 631. The predicted molar refractivity (Wildman–Crippen MR) is 109 cm³/mol. The highest BCUT2D eigenvalue weighted by molar-refractivity contribution is 6.02. The van der Waals surface area contributed by atoms with Gasteiger partial charge in [-0.1, -0.05) is 6.92 Å². The first-order chi connectivity index (χ1) is 12.1. The monoisotopic (exact) mass is 362 g/mol. The van der Waals surface area contributed by atoms with Crippen molar-refractivity contribution >= 4 is 23.0 Å². The van der Waals surface area contributed by atoms with E-state index in [1.54, 1.807) is 27.0 Å². The topological polar surface area (TPSA) is 90.6 Å². The molecular weight excluding hydrogens is 328 g/mol. The molecule has 0 aromatic heterocycles. The SMILES string of the molecule is CNc1cc(N(C)CC(C)(C)O)c(C(=O)NC2CCC(C)CC2)cc1N. The number of aliphatic hydroxyl groups is 1. The van der Waals surface area contributed by atoms with Gasteiger partial charge in [0.05, 0.1) is 28.2 Å². The van der Waals surface area contributed by atoms with E-state index < -0.39 is 5.60 Å². The van der Waals surface area contributed by atoms with Crippen LogP contribution < -0.4 is 21.3 Å². The van der Waals surface area contributed by atoms with Crippen molar-refractivity contribution in [1.29, 1.82) is 0 Å². The van der Waals surface area contributed by atoms with Crippen molar-refractivity contribution in [3.8, 4) is 0 Å². The molecule has 0 aliphatic heterocycles. The molecule has 1 aromatic rings. The van der Waals surface area contributed by atoms with E-state index in [-0.39, 0.29) is 11.9 Å². The second-order valence-electron chi connectivity index (χ2n) is 8.31. The molecule has 5 N–H and O–H groups in total. The average Bonchev–Trinajstić information content (AvgIpc) is 2.55. The van der Waals surface area contributed by atoms with Gasteiger partial charge in [0.1, 0.15) is 0 Å². The lowest BCUT2D eigenvalue weighted by Crippen LogP contribution is -2.40. The van der Waals surface area contributed by atoms with E-state index in [0.717, 1.165) is 43.0 Å². The fraction of sp³-hybridized carbons (Fsp3) is 0.650. The molecule has 1 saturated carbocycles. The minimum atomic E-state index is -0.872. The van der Waals surface area contributed by atoms with Crippen LogP contribution in [0.4, 0.5) is 17.1 Å². The molecule has 26 heavy (non-hydrogen) atoms. The Labute approximate surface area is 157 Å². The first-order valence-corrected chi connectivity index (χ1v) is 9.46. The van der Waals surface area contributed by atoms with Crippen molar-refractivity contribution in [3.05, 3.63) is 17.7 Å². The molecule has 1 fully saturated rings. The minimum absolute atomic E-state index is 0.100. The Morgan fingerprint density at radius 1 is 1.31 bits per heavy atom. The Hall–Kier alpha value is -1.95. The fourth-order valence-electron chi connectivity index (χ4n) is 3.65. The third-order valence-corrected chi connectivity index (χ3v) is 5.07. The van der Waals surface area contributed by atoms with Gasteiger partial charge >= 0.3 is 0 Å². The number of rotatable bonds is 6. The van der Waals surface area contributed by atoms with Crippen LogP contribution >= 0.6 is 0 Å². The molecule has 0 bridgehead atoms. The standard InChI is InChI=1S/C20H34N4O2/c1-13-6-8-14(9-7-13)23-19(25)15-10-16(21)17(22-4)11-18(15)24(5)12-20(2,3)26/h10-11,13-14,22,26H,6-9,12,21H2,1-5H3,(H,23,25). The molecule has 0 heterocycles. The van der Waals surface area contributed by atoms with Gasteiger partial charge in [0.15, 0.2) is 0 Å². The van der Waals surface area contributed by atoms with Crippen LogP contribution in [-0.2, 0) is 0 Å². The molecule has 0 spiro atoms. The summed E-state index contributed by atoms with van der Waals surface area (Å²) in [7, 11) is 3.68. The van der Waals surface area contributed by atoms with Crippen LogP contribution in [0.3, 0.4) is 0 Å². The third-order valence-electron chi connectivity index (χ3n) is 5.07. The maximum atomic E-state index is 13.0. The van der Waals surface area contributed by atoms with Gasteiger partial charge in [0.2, 0.25) is 0 Å². The molecule has 0 unspecified atom stereocenters. The zero-order chi connectivity index (χ0) is 19.5. The lowest BCUT2D eigenvalue weighted by molar-refractivity contribution is 0.0875. The Morgan fingerprint density at radius 2 is 1.92 bits per heavy atom. The smallest absolute Gasteiger partial charge is 0.253 e. The van der Waals surface area contributed by atoms with Gasteiger partial charge in [-0.15, -0.1) is 0 Å². The summed E-state index contributed by atoms with van der Waals surface area (Å²) in [5, 5.41) is 16.4. The number of anilines is 3. The van der Waals surface area contributed by atoms with Crippen molar-refractivity contribution in [2.45, 2.75) is 58.1 Å². The number of carbonyl (C=O) groups is 1. The van der Waals surface area contributed by atoms with E-state index in [1.165, 1.54) is 0 Å². The summed E-state index contributed by atoms with van der Waals surface area (Å²) in [6.07, 6.45) is 4.34. The number of benzene rings is 1. The normalized spacial score (nSPS) is 20.5. The maximum Gasteiger partial charge on any atom is 0.253 e. The molecule has 1 aliphatic rings. The molecule has 0 radical (unpaired) electrons. The van der Waals surface area contributed by atoms with Gasteiger partial charge in [-0.05, 0) is 57.6 Å². The van der Waals surface area contributed by atoms with Crippen molar-refractivity contribution in [1.82, 2.24) is 5.32 Å². The first-order valence-electron chi connectivity index (χ1n) is 9.46. The van der Waals surface area contributed by atoms with Crippen molar-refractivity contribution in [2.24, 2.45) is 5.92 Å². The van der Waals surface area contributed by atoms with Gasteiger partial charge in [-0.3, -0.25) is 4.79 Å². The van der Waals surface area contributed by atoms with Gasteiger partial charge in [-0.25, -0.2) is 0 Å². The highest BCUT2D eigenvalue weighted by Crippen LogP contribution is 2.31. The zero-order valence-electron chi connectivity index (χ0n) is 16.7. The predicted octanol–water partition coefficient (Wildman–Crippen LogP) is 2.83. The number of nitrogen functional groups attached to an aromatic ring is 1. The summed E-state index contributed by atoms with van der Waals surface area (Å²) < 4.78 is 0. The highest BCUT2D eigenvalue weighted by Gasteiger charge is 2.25. The largest absolute Gasteiger partial charge is 0.397 e. The molecule has 146 valence electrons. The van der Waals surface area contributed by atoms with Crippen LogP contribution in [0.15, 0.2) is 12.1 Å². The summed E-state index contributed by atoms with van der Waals surface area (Å²) in [6, 6.07) is 3.82. The van der Waals surface area contributed by atoms with E-state index in [4.69, 9.17) is 5.73 Å². The van der Waals surface area contributed by atoms with Crippen molar-refractivity contribution in [3.63, 3.8) is 0 Å². The zero-order valence-corrected chi connectivity index (χ0v) is 16.7. The second-order valence-corrected chi connectivity index (χ2v) is 8.31. The van der Waals surface area contributed by atoms with Gasteiger partial charge in [0, 0.05) is 26.7 Å². The molecule has 1 aromatic carbocycles. The molecule has 6 heteroatoms. The van der Waals surface area contributed by atoms with Gasteiger partial charge in [0.25, 0.3) is 5.91 Å². The third kappa shape index (κ3) is 5.27. The highest BCUT2D eigenvalue weighted by atomic mass is 16.3. The molecule has 1 aliphatic carbocycles. The van der Waals surface area contributed by atoms with E-state index in [1.807, 2.05) is 18.0 Å². The van der Waals surface area contributed by atoms with Gasteiger partial charge < -0.3 is 26.4 Å². The molecule has 0 atom stereocenters. The molecule has 2 rings (SSSR count). The van der Waals surface area contributed by atoms with Crippen molar-refractivity contribution < 1.29 is 9.90 Å². The first kappa shape index (κ1) is 20.4. The van der Waals surface area contributed by atoms with Crippen LogP contribution in [0.5, 0.6) is 0 Å². The quantitative estimate of drug-likeness (QED) is 0.584. The second kappa shape index (κ2) is 8.16. The van der Waals surface area contributed by atoms with E-state index in [2.05, 4.69) is 17.6 Å². The number of hydrogen-bond acceptors (Lipinski definition) is 5. The number of nitrogens with two attached hydrogens (primary N) is 1. The summed E-state index contributed by atoms with van der Waals surface area (Å²) in [6.45, 7) is 6.17. The van der Waals surface area contributed by atoms with Crippen LogP contribution in [0.1, 0.15) is 56.8 Å².